The molecule has 2 atom stereocenters. The summed E-state index contributed by atoms with van der Waals surface area (Å²) in [5.41, 5.74) is 8.07. The Labute approximate surface area is 100 Å². The maximum absolute atomic E-state index is 6.01. The molecule has 90 valence electrons. The van der Waals surface area contributed by atoms with E-state index in [0.717, 1.165) is 29.9 Å². The number of hydrogen-bond acceptors (Lipinski definition) is 3. The van der Waals surface area contributed by atoms with Gasteiger partial charge in [0.2, 0.25) is 0 Å². The lowest BCUT2D eigenvalue weighted by atomic mass is 9.86. The first-order valence-corrected chi connectivity index (χ1v) is 6.16. The number of furan rings is 1. The second kappa shape index (κ2) is 4.37. The molecule has 3 rings (SSSR count). The zero-order valence-electron chi connectivity index (χ0n) is 9.73. The van der Waals surface area contributed by atoms with Crippen molar-refractivity contribution in [3.8, 4) is 11.3 Å². The predicted octanol–water partition coefficient (Wildman–Crippen LogP) is 2.65. The van der Waals surface area contributed by atoms with Crippen LogP contribution in [0.25, 0.3) is 11.3 Å². The third kappa shape index (κ3) is 2.13. The van der Waals surface area contributed by atoms with Crippen LogP contribution in [-0.4, -0.2) is 16.0 Å². The largest absolute Gasteiger partial charge is 0.472 e. The van der Waals surface area contributed by atoms with Gasteiger partial charge in [-0.1, -0.05) is 6.42 Å². The van der Waals surface area contributed by atoms with E-state index in [2.05, 4.69) is 9.97 Å². The molecule has 17 heavy (non-hydrogen) atoms. The number of nitrogens with zero attached hydrogens (tertiary/aromatic N) is 1. The molecule has 0 amide bonds. The lowest BCUT2D eigenvalue weighted by Gasteiger charge is -2.24. The minimum Gasteiger partial charge on any atom is -0.472 e. The van der Waals surface area contributed by atoms with Gasteiger partial charge in [-0.05, 0) is 25.3 Å². The zero-order chi connectivity index (χ0) is 11.7. The maximum Gasteiger partial charge on any atom is 0.109 e. The fraction of sp³-hybridized carbons (Fsp3) is 0.462. The summed E-state index contributed by atoms with van der Waals surface area (Å²) in [5, 5.41) is 0. The Balaban J connectivity index is 1.80. The topological polar surface area (TPSA) is 67.8 Å². The third-order valence-corrected chi connectivity index (χ3v) is 3.53. The smallest absolute Gasteiger partial charge is 0.109 e. The van der Waals surface area contributed by atoms with Gasteiger partial charge < -0.3 is 15.1 Å². The van der Waals surface area contributed by atoms with Crippen LogP contribution in [-0.2, 0) is 0 Å². The van der Waals surface area contributed by atoms with Gasteiger partial charge in [-0.2, -0.15) is 0 Å². The number of H-pyrrole nitrogens is 1. The monoisotopic (exact) mass is 231 g/mol. The molecule has 0 bridgehead atoms. The fourth-order valence-electron chi connectivity index (χ4n) is 2.58. The van der Waals surface area contributed by atoms with Crippen LogP contribution in [0, 0.1) is 0 Å². The van der Waals surface area contributed by atoms with E-state index in [-0.39, 0.29) is 0 Å². The third-order valence-electron chi connectivity index (χ3n) is 3.53. The first-order valence-electron chi connectivity index (χ1n) is 6.16. The Morgan fingerprint density at radius 3 is 3.12 bits per heavy atom. The van der Waals surface area contributed by atoms with Crippen LogP contribution in [0.5, 0.6) is 0 Å². The van der Waals surface area contributed by atoms with Crippen molar-refractivity contribution in [3.05, 3.63) is 30.6 Å². The van der Waals surface area contributed by atoms with Crippen molar-refractivity contribution in [2.75, 3.05) is 0 Å². The van der Waals surface area contributed by atoms with Crippen molar-refractivity contribution in [1.82, 2.24) is 9.97 Å². The van der Waals surface area contributed by atoms with Gasteiger partial charge in [0, 0.05) is 17.5 Å². The molecule has 1 aliphatic rings. The quantitative estimate of drug-likeness (QED) is 0.834. The summed E-state index contributed by atoms with van der Waals surface area (Å²) in [6.07, 6.45) is 9.85. The highest BCUT2D eigenvalue weighted by atomic mass is 16.3. The minimum absolute atomic E-state index is 0.330. The summed E-state index contributed by atoms with van der Waals surface area (Å²) in [6.45, 7) is 0. The molecule has 2 unspecified atom stereocenters. The van der Waals surface area contributed by atoms with Crippen molar-refractivity contribution < 1.29 is 4.42 Å². The van der Waals surface area contributed by atoms with E-state index in [0.29, 0.717) is 12.0 Å². The van der Waals surface area contributed by atoms with Crippen molar-refractivity contribution in [3.63, 3.8) is 0 Å². The summed E-state index contributed by atoms with van der Waals surface area (Å²) in [4.78, 5) is 7.86. The second-order valence-electron chi connectivity index (χ2n) is 4.82. The van der Waals surface area contributed by atoms with Crippen molar-refractivity contribution >= 4 is 0 Å². The molecule has 1 saturated carbocycles. The minimum atomic E-state index is 0.330. The first-order chi connectivity index (χ1) is 8.33. The molecule has 0 spiro atoms. The molecular formula is C13H17N3O. The average Bonchev–Trinajstić information content (AvgIpc) is 3.00. The Hall–Kier alpha value is -1.55. The standard InChI is InChI=1S/C13H17N3O/c14-11-3-1-2-9(6-11)13-15-7-12(16-13)10-4-5-17-8-10/h4-5,7-9,11H,1-3,6,14H2,(H,15,16). The summed E-state index contributed by atoms with van der Waals surface area (Å²) >= 11 is 0. The molecule has 0 radical (unpaired) electrons. The SMILES string of the molecule is NC1CCCC(c2ncc(-c3ccoc3)[nH]2)C1. The predicted molar refractivity (Wildman–Crippen MR) is 65.5 cm³/mol. The van der Waals surface area contributed by atoms with Gasteiger partial charge in [0.05, 0.1) is 24.4 Å². The van der Waals surface area contributed by atoms with Crippen LogP contribution < -0.4 is 5.73 Å². The number of nitrogens with two attached hydrogens (primary N) is 1. The summed E-state index contributed by atoms with van der Waals surface area (Å²) in [5.74, 6) is 1.55. The van der Waals surface area contributed by atoms with Gasteiger partial charge in [0.15, 0.2) is 0 Å². The maximum atomic E-state index is 6.01. The zero-order valence-corrected chi connectivity index (χ0v) is 9.73. The Morgan fingerprint density at radius 2 is 2.35 bits per heavy atom. The number of imidazole rings is 1. The Morgan fingerprint density at radius 1 is 1.41 bits per heavy atom. The van der Waals surface area contributed by atoms with E-state index < -0.39 is 0 Å². The van der Waals surface area contributed by atoms with Crippen LogP contribution in [0.2, 0.25) is 0 Å². The van der Waals surface area contributed by atoms with Crippen LogP contribution in [0.3, 0.4) is 0 Å². The fourth-order valence-corrected chi connectivity index (χ4v) is 2.58. The van der Waals surface area contributed by atoms with E-state index in [1.54, 1.807) is 12.5 Å². The van der Waals surface area contributed by atoms with E-state index in [1.165, 1.54) is 12.8 Å². The highest BCUT2D eigenvalue weighted by Crippen LogP contribution is 2.31. The van der Waals surface area contributed by atoms with Crippen molar-refractivity contribution in [2.24, 2.45) is 5.73 Å². The van der Waals surface area contributed by atoms with E-state index in [4.69, 9.17) is 10.2 Å². The molecule has 2 heterocycles. The second-order valence-corrected chi connectivity index (χ2v) is 4.82. The molecule has 0 aliphatic heterocycles. The number of rotatable bonds is 2. The van der Waals surface area contributed by atoms with Crippen LogP contribution in [0.4, 0.5) is 0 Å². The molecule has 4 heteroatoms. The van der Waals surface area contributed by atoms with Crippen molar-refractivity contribution in [2.45, 2.75) is 37.6 Å². The van der Waals surface area contributed by atoms with Crippen LogP contribution in [0.15, 0.2) is 29.2 Å². The molecule has 3 N–H and O–H groups in total. The number of aromatic amines is 1. The number of nitrogens with one attached hydrogen (secondary N) is 1. The van der Waals surface area contributed by atoms with E-state index in [9.17, 15) is 0 Å². The Kier molecular flexibility index (Phi) is 2.73. The van der Waals surface area contributed by atoms with Gasteiger partial charge in [0.1, 0.15) is 5.82 Å². The molecule has 0 aromatic carbocycles. The van der Waals surface area contributed by atoms with Crippen LogP contribution in [0.1, 0.15) is 37.4 Å². The lowest BCUT2D eigenvalue weighted by molar-refractivity contribution is 0.383. The molecule has 4 nitrogen and oxygen atoms in total. The van der Waals surface area contributed by atoms with Gasteiger partial charge in [0.25, 0.3) is 0 Å². The summed E-state index contributed by atoms with van der Waals surface area (Å²) < 4.78 is 5.07. The normalized spacial score (nSPS) is 25.0. The summed E-state index contributed by atoms with van der Waals surface area (Å²) in [7, 11) is 0. The first kappa shape index (κ1) is 10.6. The molecular weight excluding hydrogens is 214 g/mol. The van der Waals surface area contributed by atoms with Gasteiger partial charge >= 0.3 is 0 Å². The molecule has 0 saturated heterocycles. The van der Waals surface area contributed by atoms with Crippen molar-refractivity contribution in [1.29, 1.82) is 0 Å². The van der Waals surface area contributed by atoms with E-state index in [1.807, 2.05) is 12.3 Å². The lowest BCUT2D eigenvalue weighted by Crippen LogP contribution is -2.27. The van der Waals surface area contributed by atoms with E-state index >= 15 is 0 Å². The number of hydrogen-bond donors (Lipinski definition) is 2. The molecule has 1 fully saturated rings. The molecule has 2 aromatic heterocycles. The highest BCUT2D eigenvalue weighted by Gasteiger charge is 2.23. The summed E-state index contributed by atoms with van der Waals surface area (Å²) in [6, 6.07) is 2.26. The Bertz CT molecular complexity index is 475. The molecule has 2 aromatic rings. The average molecular weight is 231 g/mol. The number of aromatic nitrogens is 2. The van der Waals surface area contributed by atoms with Gasteiger partial charge in [-0.15, -0.1) is 0 Å². The van der Waals surface area contributed by atoms with Gasteiger partial charge in [-0.3, -0.25) is 0 Å². The van der Waals surface area contributed by atoms with Gasteiger partial charge in [-0.25, -0.2) is 4.98 Å². The highest BCUT2D eigenvalue weighted by molar-refractivity contribution is 5.56. The van der Waals surface area contributed by atoms with Crippen LogP contribution >= 0.6 is 0 Å². The molecule has 1 aliphatic carbocycles.